The Hall–Kier alpha value is -0.820. The van der Waals surface area contributed by atoms with Crippen LogP contribution in [0, 0.1) is 0 Å². The van der Waals surface area contributed by atoms with E-state index in [4.69, 9.17) is 5.11 Å². The van der Waals surface area contributed by atoms with E-state index in [1.54, 1.807) is 0 Å². The molecule has 18 heavy (non-hydrogen) atoms. The van der Waals surface area contributed by atoms with E-state index in [0.29, 0.717) is 12.8 Å². The van der Waals surface area contributed by atoms with Gasteiger partial charge in [-0.15, -0.1) is 0 Å². The molecule has 1 N–H and O–H groups in total. The van der Waals surface area contributed by atoms with Crippen molar-refractivity contribution in [1.82, 2.24) is 4.90 Å². The van der Waals surface area contributed by atoms with Gasteiger partial charge in [0, 0.05) is 6.54 Å². The van der Waals surface area contributed by atoms with Crippen LogP contribution in [0.4, 0.5) is 13.2 Å². The van der Waals surface area contributed by atoms with Crippen molar-refractivity contribution in [2.45, 2.75) is 38.4 Å². The van der Waals surface area contributed by atoms with E-state index in [1.807, 2.05) is 6.92 Å². The molecular formula is C11H20F3NO3. The Morgan fingerprint density at radius 3 is 2.44 bits per heavy atom. The first-order valence-electron chi connectivity index (χ1n) is 5.85. The Morgan fingerprint density at radius 1 is 1.44 bits per heavy atom. The maximum Gasteiger partial charge on any atom is 0.401 e. The van der Waals surface area contributed by atoms with Crippen molar-refractivity contribution in [1.29, 1.82) is 0 Å². The number of carbonyl (C=O) groups excluding carboxylic acids is 1. The summed E-state index contributed by atoms with van der Waals surface area (Å²) < 4.78 is 41.7. The number of hydrogen-bond donors (Lipinski definition) is 1. The molecule has 0 radical (unpaired) electrons. The summed E-state index contributed by atoms with van der Waals surface area (Å²) in [6.07, 6.45) is -2.72. The number of hydrogen-bond acceptors (Lipinski definition) is 4. The summed E-state index contributed by atoms with van der Waals surface area (Å²) in [7, 11) is 1.14. The predicted molar refractivity (Wildman–Crippen MR) is 60.0 cm³/mol. The zero-order valence-corrected chi connectivity index (χ0v) is 10.7. The summed E-state index contributed by atoms with van der Waals surface area (Å²) >= 11 is 0. The van der Waals surface area contributed by atoms with Crippen molar-refractivity contribution in [2.75, 3.05) is 26.8 Å². The van der Waals surface area contributed by atoms with Crippen molar-refractivity contribution in [3.63, 3.8) is 0 Å². The standard InChI is InChI=1S/C11H20F3NO3/c1-3-4-5-9(10(17)18-2)15(6-7-16)8-11(12,13)14/h9,16H,3-8H2,1-2H3. The monoisotopic (exact) mass is 271 g/mol. The van der Waals surface area contributed by atoms with Crippen molar-refractivity contribution in [3.05, 3.63) is 0 Å². The number of esters is 1. The highest BCUT2D eigenvalue weighted by Gasteiger charge is 2.36. The van der Waals surface area contributed by atoms with E-state index < -0.39 is 31.3 Å². The maximum absolute atomic E-state index is 12.4. The number of carbonyl (C=O) groups is 1. The molecule has 7 heteroatoms. The average molecular weight is 271 g/mol. The SMILES string of the molecule is CCCCC(C(=O)OC)N(CCO)CC(F)(F)F. The van der Waals surface area contributed by atoms with Crippen molar-refractivity contribution in [2.24, 2.45) is 0 Å². The molecule has 0 aromatic carbocycles. The molecule has 0 aromatic heterocycles. The molecule has 0 spiro atoms. The third-order valence-electron chi connectivity index (χ3n) is 2.51. The lowest BCUT2D eigenvalue weighted by molar-refractivity contribution is -0.164. The number of methoxy groups -OCH3 is 1. The van der Waals surface area contributed by atoms with Crippen LogP contribution in [0.5, 0.6) is 0 Å². The van der Waals surface area contributed by atoms with Crippen molar-refractivity contribution in [3.8, 4) is 0 Å². The molecule has 1 atom stereocenters. The highest BCUT2D eigenvalue weighted by molar-refractivity contribution is 5.75. The number of unbranched alkanes of at least 4 members (excludes halogenated alkanes) is 1. The first-order valence-corrected chi connectivity index (χ1v) is 5.85. The first-order chi connectivity index (χ1) is 8.35. The second-order valence-electron chi connectivity index (χ2n) is 3.99. The fourth-order valence-corrected chi connectivity index (χ4v) is 1.69. The molecule has 0 aliphatic rings. The molecule has 0 fully saturated rings. The van der Waals surface area contributed by atoms with Gasteiger partial charge in [-0.2, -0.15) is 13.2 Å². The van der Waals surface area contributed by atoms with E-state index >= 15 is 0 Å². The zero-order valence-electron chi connectivity index (χ0n) is 10.7. The van der Waals surface area contributed by atoms with Gasteiger partial charge in [0.25, 0.3) is 0 Å². The first kappa shape index (κ1) is 17.2. The zero-order chi connectivity index (χ0) is 14.2. The molecule has 0 rings (SSSR count). The molecule has 108 valence electrons. The Labute approximate surface area is 105 Å². The summed E-state index contributed by atoms with van der Waals surface area (Å²) in [6.45, 7) is 0.0181. The Kier molecular flexibility index (Phi) is 7.93. The van der Waals surface area contributed by atoms with E-state index in [0.717, 1.165) is 18.4 Å². The van der Waals surface area contributed by atoms with Gasteiger partial charge in [0.2, 0.25) is 0 Å². The maximum atomic E-state index is 12.4. The molecule has 4 nitrogen and oxygen atoms in total. The Bertz CT molecular complexity index is 246. The molecule has 0 amide bonds. The van der Waals surface area contributed by atoms with Crippen molar-refractivity contribution < 1.29 is 27.8 Å². The van der Waals surface area contributed by atoms with Crippen LogP contribution in [-0.2, 0) is 9.53 Å². The summed E-state index contributed by atoms with van der Waals surface area (Å²) in [5.41, 5.74) is 0. The predicted octanol–water partition coefficient (Wildman–Crippen LogP) is 1.57. The minimum atomic E-state index is -4.41. The largest absolute Gasteiger partial charge is 0.468 e. The number of aliphatic hydroxyl groups is 1. The van der Waals surface area contributed by atoms with E-state index in [9.17, 15) is 18.0 Å². The number of ether oxygens (including phenoxy) is 1. The number of aliphatic hydroxyl groups excluding tert-OH is 1. The molecule has 1 unspecified atom stereocenters. The summed E-state index contributed by atoms with van der Waals surface area (Å²) in [6, 6.07) is -0.955. The molecule has 0 saturated heterocycles. The van der Waals surface area contributed by atoms with Crippen LogP contribution in [0.15, 0.2) is 0 Å². The third-order valence-corrected chi connectivity index (χ3v) is 2.51. The van der Waals surface area contributed by atoms with Crippen molar-refractivity contribution >= 4 is 5.97 Å². The van der Waals surface area contributed by atoms with Gasteiger partial charge in [-0.05, 0) is 6.42 Å². The lowest BCUT2D eigenvalue weighted by Gasteiger charge is -2.29. The van der Waals surface area contributed by atoms with Gasteiger partial charge in [-0.1, -0.05) is 19.8 Å². The Balaban J connectivity index is 4.78. The fraction of sp³-hybridized carbons (Fsp3) is 0.909. The highest BCUT2D eigenvalue weighted by Crippen LogP contribution is 2.20. The molecule has 0 saturated carbocycles. The third kappa shape index (κ3) is 6.80. The summed E-state index contributed by atoms with van der Waals surface area (Å²) in [4.78, 5) is 12.4. The van der Waals surface area contributed by atoms with Crippen LogP contribution in [-0.4, -0.2) is 55.0 Å². The van der Waals surface area contributed by atoms with Gasteiger partial charge in [-0.3, -0.25) is 9.69 Å². The summed E-state index contributed by atoms with van der Waals surface area (Å²) in [5, 5.41) is 8.80. The second-order valence-corrected chi connectivity index (χ2v) is 3.99. The summed E-state index contributed by atoms with van der Waals surface area (Å²) in [5.74, 6) is -0.693. The quantitative estimate of drug-likeness (QED) is 0.681. The lowest BCUT2D eigenvalue weighted by atomic mass is 10.1. The molecule has 0 heterocycles. The Morgan fingerprint density at radius 2 is 2.06 bits per heavy atom. The van der Waals surface area contributed by atoms with Gasteiger partial charge < -0.3 is 9.84 Å². The van der Waals surface area contributed by atoms with Gasteiger partial charge in [0.15, 0.2) is 0 Å². The van der Waals surface area contributed by atoms with Crippen LogP contribution in [0.25, 0.3) is 0 Å². The highest BCUT2D eigenvalue weighted by atomic mass is 19.4. The number of alkyl halides is 3. The molecule has 0 aliphatic carbocycles. The number of halogens is 3. The minimum absolute atomic E-state index is 0.205. The van der Waals surface area contributed by atoms with Gasteiger partial charge >= 0.3 is 12.1 Å². The minimum Gasteiger partial charge on any atom is -0.468 e. The van der Waals surface area contributed by atoms with E-state index in [-0.39, 0.29) is 6.54 Å². The molecule has 0 aromatic rings. The second kappa shape index (κ2) is 8.31. The van der Waals surface area contributed by atoms with Crippen LogP contribution >= 0.6 is 0 Å². The molecule has 0 bridgehead atoms. The van der Waals surface area contributed by atoms with Crippen LogP contribution in [0.1, 0.15) is 26.2 Å². The number of nitrogens with zero attached hydrogens (tertiary/aromatic N) is 1. The van der Waals surface area contributed by atoms with E-state index in [2.05, 4.69) is 4.74 Å². The average Bonchev–Trinajstić information content (AvgIpc) is 2.27. The molecule has 0 aliphatic heterocycles. The van der Waals surface area contributed by atoms with Gasteiger partial charge in [0.1, 0.15) is 6.04 Å². The van der Waals surface area contributed by atoms with Gasteiger partial charge in [-0.25, -0.2) is 0 Å². The smallest absolute Gasteiger partial charge is 0.401 e. The fourth-order valence-electron chi connectivity index (χ4n) is 1.69. The topological polar surface area (TPSA) is 49.8 Å². The van der Waals surface area contributed by atoms with Crippen LogP contribution in [0.2, 0.25) is 0 Å². The van der Waals surface area contributed by atoms with Gasteiger partial charge in [0.05, 0.1) is 20.3 Å². The number of rotatable bonds is 8. The lowest BCUT2D eigenvalue weighted by Crippen LogP contribution is -2.47. The van der Waals surface area contributed by atoms with Crippen LogP contribution in [0.3, 0.4) is 0 Å². The normalized spacial score (nSPS) is 13.7. The molecular weight excluding hydrogens is 251 g/mol. The van der Waals surface area contributed by atoms with E-state index in [1.165, 1.54) is 0 Å². The van der Waals surface area contributed by atoms with Crippen LogP contribution < -0.4 is 0 Å².